The fourth-order valence-electron chi connectivity index (χ4n) is 1.20. The van der Waals surface area contributed by atoms with E-state index in [4.69, 9.17) is 0 Å². The molecular weight excluding hydrogens is 226 g/mol. The predicted octanol–water partition coefficient (Wildman–Crippen LogP) is 4.05. The fourth-order valence-corrected chi connectivity index (χ4v) is 1.63. The normalized spacial score (nSPS) is 10.0. The van der Waals surface area contributed by atoms with E-state index in [1.807, 2.05) is 12.1 Å². The molecule has 0 radical (unpaired) electrons. The van der Waals surface area contributed by atoms with Gasteiger partial charge in [-0.1, -0.05) is 31.9 Å². The first-order valence-electron chi connectivity index (χ1n) is 4.83. The second kappa shape index (κ2) is 6.03. The monoisotopic (exact) mass is 241 g/mol. The van der Waals surface area contributed by atoms with Crippen molar-refractivity contribution in [2.45, 2.75) is 26.2 Å². The Balaban J connectivity index is 2.32. The van der Waals surface area contributed by atoms with Gasteiger partial charge in [-0.05, 0) is 34.5 Å². The third-order valence-electron chi connectivity index (χ3n) is 1.97. The molecule has 2 heteroatoms. The van der Waals surface area contributed by atoms with E-state index in [2.05, 4.69) is 40.3 Å². The van der Waals surface area contributed by atoms with E-state index >= 15 is 0 Å². The number of rotatable bonds is 5. The average molecular weight is 242 g/mol. The van der Waals surface area contributed by atoms with Crippen molar-refractivity contribution in [2.24, 2.45) is 0 Å². The quantitative estimate of drug-likeness (QED) is 0.768. The maximum atomic E-state index is 3.50. The van der Waals surface area contributed by atoms with Crippen LogP contribution in [-0.4, -0.2) is 6.54 Å². The largest absolute Gasteiger partial charge is 0.384 e. The molecule has 0 saturated carbocycles. The van der Waals surface area contributed by atoms with E-state index in [-0.39, 0.29) is 0 Å². The van der Waals surface area contributed by atoms with E-state index in [0.29, 0.717) is 0 Å². The number of hydrogen-bond donors (Lipinski definition) is 1. The number of anilines is 1. The van der Waals surface area contributed by atoms with Crippen molar-refractivity contribution in [1.29, 1.82) is 0 Å². The summed E-state index contributed by atoms with van der Waals surface area (Å²) in [6, 6.07) is 8.23. The lowest BCUT2D eigenvalue weighted by atomic mass is 10.2. The lowest BCUT2D eigenvalue weighted by Crippen LogP contribution is -2.01. The molecule has 0 bridgehead atoms. The fraction of sp³-hybridized carbons (Fsp3) is 0.455. The van der Waals surface area contributed by atoms with Crippen molar-refractivity contribution in [3.05, 3.63) is 28.7 Å². The third-order valence-corrected chi connectivity index (χ3v) is 2.66. The van der Waals surface area contributed by atoms with E-state index in [0.717, 1.165) is 11.0 Å². The van der Waals surface area contributed by atoms with Crippen molar-refractivity contribution in [3.8, 4) is 0 Å². The van der Waals surface area contributed by atoms with E-state index < -0.39 is 0 Å². The lowest BCUT2D eigenvalue weighted by Gasteiger charge is -2.07. The highest BCUT2D eigenvalue weighted by molar-refractivity contribution is 9.10. The van der Waals surface area contributed by atoms with Crippen LogP contribution in [0.15, 0.2) is 28.7 Å². The summed E-state index contributed by atoms with van der Waals surface area (Å²) in [5, 5.41) is 3.40. The molecule has 0 saturated heterocycles. The molecule has 1 rings (SSSR count). The van der Waals surface area contributed by atoms with Gasteiger partial charge in [-0.25, -0.2) is 0 Å². The molecule has 0 atom stereocenters. The van der Waals surface area contributed by atoms with Crippen molar-refractivity contribution < 1.29 is 0 Å². The zero-order chi connectivity index (χ0) is 9.52. The molecule has 0 aliphatic heterocycles. The molecule has 0 amide bonds. The summed E-state index contributed by atoms with van der Waals surface area (Å²) in [6.07, 6.45) is 3.83. The summed E-state index contributed by atoms with van der Waals surface area (Å²) in [7, 11) is 0. The van der Waals surface area contributed by atoms with Crippen molar-refractivity contribution in [2.75, 3.05) is 11.9 Å². The number of benzene rings is 1. The topological polar surface area (TPSA) is 12.0 Å². The lowest BCUT2D eigenvalue weighted by molar-refractivity contribution is 0.743. The highest BCUT2D eigenvalue weighted by atomic mass is 79.9. The highest BCUT2D eigenvalue weighted by Crippen LogP contribution is 2.20. The Bertz CT molecular complexity index is 248. The van der Waals surface area contributed by atoms with Crippen LogP contribution in [0, 0.1) is 0 Å². The zero-order valence-corrected chi connectivity index (χ0v) is 9.60. The third kappa shape index (κ3) is 3.81. The van der Waals surface area contributed by atoms with Gasteiger partial charge in [-0.3, -0.25) is 0 Å². The first-order valence-corrected chi connectivity index (χ1v) is 5.62. The van der Waals surface area contributed by atoms with Crippen LogP contribution in [0.25, 0.3) is 0 Å². The number of para-hydroxylation sites is 1. The number of unbranched alkanes of at least 4 members (excludes halogenated alkanes) is 2. The van der Waals surface area contributed by atoms with Gasteiger partial charge in [-0.2, -0.15) is 0 Å². The first kappa shape index (κ1) is 10.6. The van der Waals surface area contributed by atoms with Crippen LogP contribution in [0.1, 0.15) is 26.2 Å². The minimum Gasteiger partial charge on any atom is -0.384 e. The summed E-state index contributed by atoms with van der Waals surface area (Å²) >= 11 is 3.50. The van der Waals surface area contributed by atoms with Gasteiger partial charge in [0.25, 0.3) is 0 Å². The van der Waals surface area contributed by atoms with Gasteiger partial charge in [0.2, 0.25) is 0 Å². The molecular formula is C11H16BrN. The molecule has 0 unspecified atom stereocenters. The molecule has 1 aromatic carbocycles. The number of hydrogen-bond acceptors (Lipinski definition) is 1. The molecule has 1 aromatic rings. The average Bonchev–Trinajstić information content (AvgIpc) is 2.15. The Hall–Kier alpha value is -0.500. The first-order chi connectivity index (χ1) is 6.34. The molecule has 1 nitrogen and oxygen atoms in total. The minimum absolute atomic E-state index is 1.07. The molecule has 72 valence electrons. The van der Waals surface area contributed by atoms with Gasteiger partial charge in [0.1, 0.15) is 0 Å². The highest BCUT2D eigenvalue weighted by Gasteiger charge is 1.95. The molecule has 0 heterocycles. The summed E-state index contributed by atoms with van der Waals surface area (Å²) in [5.74, 6) is 0. The molecule has 0 aromatic heterocycles. The summed E-state index contributed by atoms with van der Waals surface area (Å²) in [5.41, 5.74) is 1.19. The Morgan fingerprint density at radius 1 is 1.23 bits per heavy atom. The van der Waals surface area contributed by atoms with Crippen LogP contribution in [0.2, 0.25) is 0 Å². The van der Waals surface area contributed by atoms with Crippen LogP contribution < -0.4 is 5.32 Å². The van der Waals surface area contributed by atoms with Gasteiger partial charge < -0.3 is 5.32 Å². The maximum Gasteiger partial charge on any atom is 0.0484 e. The Morgan fingerprint density at radius 2 is 2.00 bits per heavy atom. The maximum absolute atomic E-state index is 3.50. The standard InChI is InChI=1S/C11H16BrN/c1-2-3-6-9-13-11-8-5-4-7-10(11)12/h4-5,7-8,13H,2-3,6,9H2,1H3. The molecule has 0 aliphatic rings. The summed E-state index contributed by atoms with van der Waals surface area (Å²) < 4.78 is 1.14. The Kier molecular flexibility index (Phi) is 4.91. The Morgan fingerprint density at radius 3 is 2.69 bits per heavy atom. The molecule has 0 fully saturated rings. The number of halogens is 1. The van der Waals surface area contributed by atoms with Crippen LogP contribution >= 0.6 is 15.9 Å². The van der Waals surface area contributed by atoms with E-state index in [1.165, 1.54) is 24.9 Å². The van der Waals surface area contributed by atoms with Crippen molar-refractivity contribution >= 4 is 21.6 Å². The second-order valence-corrected chi connectivity index (χ2v) is 3.97. The van der Waals surface area contributed by atoms with Crippen LogP contribution in [0.5, 0.6) is 0 Å². The molecule has 0 aliphatic carbocycles. The Labute approximate surface area is 88.7 Å². The van der Waals surface area contributed by atoms with Gasteiger partial charge in [0.15, 0.2) is 0 Å². The van der Waals surface area contributed by atoms with Gasteiger partial charge in [-0.15, -0.1) is 0 Å². The predicted molar refractivity (Wildman–Crippen MR) is 62.2 cm³/mol. The van der Waals surface area contributed by atoms with Gasteiger partial charge >= 0.3 is 0 Å². The summed E-state index contributed by atoms with van der Waals surface area (Å²) in [4.78, 5) is 0. The van der Waals surface area contributed by atoms with E-state index in [1.54, 1.807) is 0 Å². The van der Waals surface area contributed by atoms with Crippen LogP contribution in [0.3, 0.4) is 0 Å². The SMILES string of the molecule is CCCCCNc1ccccc1Br. The summed E-state index contributed by atoms with van der Waals surface area (Å²) in [6.45, 7) is 3.29. The van der Waals surface area contributed by atoms with Crippen LogP contribution in [0.4, 0.5) is 5.69 Å². The molecule has 0 spiro atoms. The molecule has 1 N–H and O–H groups in total. The minimum atomic E-state index is 1.07. The zero-order valence-electron chi connectivity index (χ0n) is 8.02. The smallest absolute Gasteiger partial charge is 0.0484 e. The van der Waals surface area contributed by atoms with Crippen molar-refractivity contribution in [1.82, 2.24) is 0 Å². The van der Waals surface area contributed by atoms with Crippen LogP contribution in [-0.2, 0) is 0 Å². The second-order valence-electron chi connectivity index (χ2n) is 3.11. The number of nitrogens with one attached hydrogen (secondary N) is 1. The van der Waals surface area contributed by atoms with Gasteiger partial charge in [0.05, 0.1) is 0 Å². The van der Waals surface area contributed by atoms with Crippen molar-refractivity contribution in [3.63, 3.8) is 0 Å². The van der Waals surface area contributed by atoms with Gasteiger partial charge in [0, 0.05) is 16.7 Å². The van der Waals surface area contributed by atoms with E-state index in [9.17, 15) is 0 Å². The molecule has 13 heavy (non-hydrogen) atoms.